The molecule has 0 fully saturated rings. The van der Waals surface area contributed by atoms with Gasteiger partial charge in [-0.05, 0) is 32.9 Å². The van der Waals surface area contributed by atoms with Crippen LogP contribution in [0.5, 0.6) is 0 Å². The lowest BCUT2D eigenvalue weighted by Crippen LogP contribution is -2.37. The third-order valence-corrected chi connectivity index (χ3v) is 2.66. The molecule has 0 atom stereocenters. The minimum absolute atomic E-state index is 0.108. The molecule has 0 aliphatic rings. The molecule has 0 saturated carbocycles. The highest BCUT2D eigenvalue weighted by Gasteiger charge is 2.23. The highest BCUT2D eigenvalue weighted by atomic mass is 19.1. The zero-order valence-corrected chi connectivity index (χ0v) is 11.6. The van der Waals surface area contributed by atoms with E-state index in [2.05, 4.69) is 0 Å². The van der Waals surface area contributed by atoms with Gasteiger partial charge in [0, 0.05) is 6.04 Å². The second kappa shape index (κ2) is 6.85. The fraction of sp³-hybridized carbons (Fsp3) is 0.429. The Morgan fingerprint density at radius 1 is 1.40 bits per heavy atom. The van der Waals surface area contributed by atoms with Crippen molar-refractivity contribution in [2.24, 2.45) is 0 Å². The number of halogens is 2. The van der Waals surface area contributed by atoms with Crippen molar-refractivity contribution in [1.82, 2.24) is 0 Å². The molecule has 0 N–H and O–H groups in total. The Hall–Kier alpha value is -2.16. The van der Waals surface area contributed by atoms with E-state index in [9.17, 15) is 13.6 Å². The monoisotopic (exact) mass is 282 g/mol. The maximum Gasteiger partial charge on any atom is 0.325 e. The third-order valence-electron chi connectivity index (χ3n) is 2.66. The number of anilines is 1. The van der Waals surface area contributed by atoms with Crippen LogP contribution in [-0.4, -0.2) is 25.2 Å². The van der Waals surface area contributed by atoms with E-state index in [1.165, 1.54) is 4.90 Å². The fourth-order valence-electron chi connectivity index (χ4n) is 1.77. The van der Waals surface area contributed by atoms with Gasteiger partial charge in [-0.2, -0.15) is 5.26 Å². The quantitative estimate of drug-likeness (QED) is 0.779. The molecule has 0 aliphatic carbocycles. The van der Waals surface area contributed by atoms with Crippen molar-refractivity contribution in [3.8, 4) is 6.07 Å². The molecule has 0 aliphatic heterocycles. The number of carbonyl (C=O) groups excluding carboxylic acids is 1. The Morgan fingerprint density at radius 2 is 1.95 bits per heavy atom. The summed E-state index contributed by atoms with van der Waals surface area (Å²) in [7, 11) is 0. The second-order valence-corrected chi connectivity index (χ2v) is 4.43. The van der Waals surface area contributed by atoms with E-state index < -0.39 is 17.6 Å². The van der Waals surface area contributed by atoms with Gasteiger partial charge in [-0.25, -0.2) is 8.78 Å². The van der Waals surface area contributed by atoms with Crippen molar-refractivity contribution in [2.75, 3.05) is 18.1 Å². The molecule has 0 radical (unpaired) electrons. The van der Waals surface area contributed by atoms with E-state index in [1.54, 1.807) is 26.8 Å². The zero-order valence-electron chi connectivity index (χ0n) is 11.6. The molecule has 0 unspecified atom stereocenters. The number of esters is 1. The van der Waals surface area contributed by atoms with Crippen LogP contribution in [0.3, 0.4) is 0 Å². The summed E-state index contributed by atoms with van der Waals surface area (Å²) in [5, 5.41) is 8.67. The highest BCUT2D eigenvalue weighted by molar-refractivity contribution is 5.76. The molecule has 6 heteroatoms. The predicted molar refractivity (Wildman–Crippen MR) is 70.2 cm³/mol. The van der Waals surface area contributed by atoms with Crippen LogP contribution in [0.1, 0.15) is 26.3 Å². The molecule has 0 spiro atoms. The summed E-state index contributed by atoms with van der Waals surface area (Å²) < 4.78 is 32.7. The molecular weight excluding hydrogens is 266 g/mol. The van der Waals surface area contributed by atoms with Crippen LogP contribution in [0.15, 0.2) is 12.1 Å². The van der Waals surface area contributed by atoms with Gasteiger partial charge >= 0.3 is 5.97 Å². The van der Waals surface area contributed by atoms with Gasteiger partial charge in [0.25, 0.3) is 0 Å². The molecule has 20 heavy (non-hydrogen) atoms. The third kappa shape index (κ3) is 3.67. The number of hydrogen-bond donors (Lipinski definition) is 0. The molecule has 1 aromatic carbocycles. The first-order valence-corrected chi connectivity index (χ1v) is 6.22. The zero-order chi connectivity index (χ0) is 15.3. The van der Waals surface area contributed by atoms with Crippen molar-refractivity contribution in [3.63, 3.8) is 0 Å². The van der Waals surface area contributed by atoms with Crippen LogP contribution in [0.2, 0.25) is 0 Å². The van der Waals surface area contributed by atoms with E-state index in [1.807, 2.05) is 0 Å². The Kier molecular flexibility index (Phi) is 5.44. The minimum Gasteiger partial charge on any atom is -0.465 e. The van der Waals surface area contributed by atoms with E-state index in [-0.39, 0.29) is 30.4 Å². The van der Waals surface area contributed by atoms with Gasteiger partial charge in [-0.15, -0.1) is 0 Å². The van der Waals surface area contributed by atoms with Gasteiger partial charge in [0.1, 0.15) is 12.2 Å². The Morgan fingerprint density at radius 3 is 2.35 bits per heavy atom. The SMILES string of the molecule is CCOC(=O)CN(c1c(F)cc(C#N)cc1F)C(C)C. The summed E-state index contributed by atoms with van der Waals surface area (Å²) in [5.74, 6) is -2.32. The van der Waals surface area contributed by atoms with Crippen molar-refractivity contribution in [1.29, 1.82) is 5.26 Å². The van der Waals surface area contributed by atoms with Gasteiger partial charge in [-0.3, -0.25) is 4.79 Å². The predicted octanol–water partition coefficient (Wildman–Crippen LogP) is 2.61. The van der Waals surface area contributed by atoms with E-state index in [4.69, 9.17) is 10.00 Å². The number of carbonyl (C=O) groups is 1. The summed E-state index contributed by atoms with van der Waals surface area (Å²) in [4.78, 5) is 12.8. The number of hydrogen-bond acceptors (Lipinski definition) is 4. The van der Waals surface area contributed by atoms with Crippen molar-refractivity contribution in [2.45, 2.75) is 26.8 Å². The largest absolute Gasteiger partial charge is 0.465 e. The number of benzene rings is 1. The fourth-order valence-corrected chi connectivity index (χ4v) is 1.77. The van der Waals surface area contributed by atoms with Gasteiger partial charge in [0.05, 0.1) is 18.2 Å². The lowest BCUT2D eigenvalue weighted by molar-refractivity contribution is -0.141. The standard InChI is InChI=1S/C14H16F2N2O2/c1-4-20-13(19)8-18(9(2)3)14-11(15)5-10(7-17)6-12(14)16/h5-6,9H,4,8H2,1-3H3. The number of nitriles is 1. The Labute approximate surface area is 116 Å². The Bertz CT molecular complexity index is 515. The van der Waals surface area contributed by atoms with Crippen LogP contribution in [0.4, 0.5) is 14.5 Å². The molecule has 0 bridgehead atoms. The molecule has 0 saturated heterocycles. The minimum atomic E-state index is -0.875. The molecule has 0 heterocycles. The van der Waals surface area contributed by atoms with E-state index >= 15 is 0 Å². The van der Waals surface area contributed by atoms with E-state index in [0.717, 1.165) is 12.1 Å². The molecule has 0 amide bonds. The first kappa shape index (κ1) is 15.9. The van der Waals surface area contributed by atoms with Crippen LogP contribution in [0, 0.1) is 23.0 Å². The number of rotatable bonds is 5. The molecule has 1 aromatic rings. The smallest absolute Gasteiger partial charge is 0.325 e. The maximum atomic E-state index is 14.0. The molecule has 0 aromatic heterocycles. The number of nitrogens with zero attached hydrogens (tertiary/aromatic N) is 2. The average Bonchev–Trinajstić information content (AvgIpc) is 2.36. The molecule has 108 valence electrons. The van der Waals surface area contributed by atoms with E-state index in [0.29, 0.717) is 0 Å². The van der Waals surface area contributed by atoms with Gasteiger partial charge in [-0.1, -0.05) is 0 Å². The molecular formula is C14H16F2N2O2. The van der Waals surface area contributed by atoms with Gasteiger partial charge in [0.2, 0.25) is 0 Å². The summed E-state index contributed by atoms with van der Waals surface area (Å²) in [6.45, 7) is 5.00. The first-order chi connectivity index (χ1) is 9.40. The van der Waals surface area contributed by atoms with Crippen LogP contribution in [0.25, 0.3) is 0 Å². The van der Waals surface area contributed by atoms with Crippen molar-refractivity contribution in [3.05, 3.63) is 29.3 Å². The molecule has 1 rings (SSSR count). The first-order valence-electron chi connectivity index (χ1n) is 6.22. The summed E-state index contributed by atoms with van der Waals surface area (Å²) in [5.41, 5.74) is -0.435. The lowest BCUT2D eigenvalue weighted by atomic mass is 10.1. The molecule has 4 nitrogen and oxygen atoms in total. The van der Waals surface area contributed by atoms with Crippen LogP contribution >= 0.6 is 0 Å². The van der Waals surface area contributed by atoms with Crippen molar-refractivity contribution >= 4 is 11.7 Å². The van der Waals surface area contributed by atoms with Crippen molar-refractivity contribution < 1.29 is 18.3 Å². The lowest BCUT2D eigenvalue weighted by Gasteiger charge is -2.28. The highest BCUT2D eigenvalue weighted by Crippen LogP contribution is 2.26. The second-order valence-electron chi connectivity index (χ2n) is 4.43. The topological polar surface area (TPSA) is 53.3 Å². The van der Waals surface area contributed by atoms with Gasteiger partial charge in [0.15, 0.2) is 11.6 Å². The average molecular weight is 282 g/mol. The number of ether oxygens (including phenoxy) is 1. The summed E-state index contributed by atoms with van der Waals surface area (Å²) in [6, 6.07) is 3.25. The van der Waals surface area contributed by atoms with Gasteiger partial charge < -0.3 is 9.64 Å². The summed E-state index contributed by atoms with van der Waals surface area (Å²) in [6.07, 6.45) is 0. The van der Waals surface area contributed by atoms with Crippen LogP contribution in [-0.2, 0) is 9.53 Å². The van der Waals surface area contributed by atoms with Crippen LogP contribution < -0.4 is 4.90 Å². The maximum absolute atomic E-state index is 14.0. The normalized spacial score (nSPS) is 10.2. The Balaban J connectivity index is 3.16. The summed E-state index contributed by atoms with van der Waals surface area (Å²) >= 11 is 0.